The SMILES string of the molecule is CN(C)C(Cl)=CC=[N]. The largest absolute Gasteiger partial charge is 0.368 e. The summed E-state index contributed by atoms with van der Waals surface area (Å²) in [4.78, 5) is 1.69. The molecule has 0 aromatic rings. The first-order valence-electron chi connectivity index (χ1n) is 2.19. The first-order chi connectivity index (χ1) is 3.68. The van der Waals surface area contributed by atoms with Crippen LogP contribution >= 0.6 is 11.6 Å². The Morgan fingerprint density at radius 1 is 1.62 bits per heavy atom. The zero-order valence-corrected chi connectivity index (χ0v) is 5.68. The molecule has 0 fully saturated rings. The molecular weight excluding hydrogens is 124 g/mol. The Balaban J connectivity index is 3.78. The highest BCUT2D eigenvalue weighted by Gasteiger charge is 1.88. The van der Waals surface area contributed by atoms with E-state index in [1.165, 1.54) is 6.08 Å². The van der Waals surface area contributed by atoms with Crippen LogP contribution in [-0.4, -0.2) is 25.2 Å². The Kier molecular flexibility index (Phi) is 3.28. The second-order valence-corrected chi connectivity index (χ2v) is 1.92. The van der Waals surface area contributed by atoms with Gasteiger partial charge in [0.2, 0.25) is 0 Å². The molecule has 0 aliphatic rings. The van der Waals surface area contributed by atoms with E-state index in [1.807, 2.05) is 0 Å². The van der Waals surface area contributed by atoms with Gasteiger partial charge in [-0.25, -0.2) is 0 Å². The molecular formula is C5H8ClN2. The highest BCUT2D eigenvalue weighted by molar-refractivity contribution is 6.30. The minimum absolute atomic E-state index is 0.507. The summed E-state index contributed by atoms with van der Waals surface area (Å²) in [6.07, 6.45) is 2.31. The Bertz CT molecular complexity index is 107. The van der Waals surface area contributed by atoms with Crippen LogP contribution in [0.1, 0.15) is 0 Å². The van der Waals surface area contributed by atoms with Crippen LogP contribution in [0.4, 0.5) is 0 Å². The molecule has 0 unspecified atom stereocenters. The van der Waals surface area contributed by atoms with Gasteiger partial charge >= 0.3 is 0 Å². The van der Waals surface area contributed by atoms with E-state index in [0.717, 1.165) is 6.21 Å². The molecule has 0 spiro atoms. The molecule has 0 aromatic heterocycles. The Morgan fingerprint density at radius 2 is 2.12 bits per heavy atom. The lowest BCUT2D eigenvalue weighted by atomic mass is 10.6. The standard InChI is InChI=1S/C5H8ClN2/c1-8(2)5(6)3-4-7/h3-4H,1-2H3. The highest BCUT2D eigenvalue weighted by Crippen LogP contribution is 2.00. The van der Waals surface area contributed by atoms with E-state index in [2.05, 4.69) is 0 Å². The van der Waals surface area contributed by atoms with Gasteiger partial charge in [-0.1, -0.05) is 11.6 Å². The van der Waals surface area contributed by atoms with Crippen LogP contribution in [0.2, 0.25) is 0 Å². The molecule has 0 aliphatic carbocycles. The number of halogens is 1. The maximum absolute atomic E-state index is 8.17. The van der Waals surface area contributed by atoms with Gasteiger partial charge < -0.3 is 4.90 Å². The minimum atomic E-state index is 0.507. The summed E-state index contributed by atoms with van der Waals surface area (Å²) >= 11 is 5.51. The Morgan fingerprint density at radius 3 is 2.25 bits per heavy atom. The Labute approximate surface area is 54.3 Å². The van der Waals surface area contributed by atoms with Gasteiger partial charge in [-0.15, -0.1) is 0 Å². The van der Waals surface area contributed by atoms with Gasteiger partial charge in [0.05, 0.1) is 6.21 Å². The van der Waals surface area contributed by atoms with Crippen molar-refractivity contribution >= 4 is 17.8 Å². The van der Waals surface area contributed by atoms with E-state index in [0.29, 0.717) is 5.16 Å². The molecule has 0 N–H and O–H groups in total. The van der Waals surface area contributed by atoms with Gasteiger partial charge in [-0.05, 0) is 6.08 Å². The number of nitrogens with zero attached hydrogens (tertiary/aromatic N) is 2. The van der Waals surface area contributed by atoms with Crippen LogP contribution in [0.5, 0.6) is 0 Å². The third-order valence-corrected chi connectivity index (χ3v) is 1.10. The lowest BCUT2D eigenvalue weighted by Gasteiger charge is -2.07. The van der Waals surface area contributed by atoms with E-state index in [4.69, 9.17) is 17.0 Å². The molecule has 0 saturated heterocycles. The van der Waals surface area contributed by atoms with E-state index >= 15 is 0 Å². The topological polar surface area (TPSA) is 25.5 Å². The molecule has 0 aromatic carbocycles. The van der Waals surface area contributed by atoms with Crippen molar-refractivity contribution in [3.8, 4) is 0 Å². The van der Waals surface area contributed by atoms with Crippen molar-refractivity contribution in [2.75, 3.05) is 14.1 Å². The van der Waals surface area contributed by atoms with E-state index < -0.39 is 0 Å². The van der Waals surface area contributed by atoms with Gasteiger partial charge in [0.15, 0.2) is 0 Å². The quantitative estimate of drug-likeness (QED) is 0.396. The number of hydrogen-bond acceptors (Lipinski definition) is 1. The fraction of sp³-hybridized carbons (Fsp3) is 0.400. The highest BCUT2D eigenvalue weighted by atomic mass is 35.5. The second kappa shape index (κ2) is 3.50. The van der Waals surface area contributed by atoms with Crippen LogP contribution in [-0.2, 0) is 0 Å². The fourth-order valence-corrected chi connectivity index (χ4v) is 0.267. The lowest BCUT2D eigenvalue weighted by molar-refractivity contribution is 0.548. The summed E-state index contributed by atoms with van der Waals surface area (Å²) in [6, 6.07) is 0. The van der Waals surface area contributed by atoms with Gasteiger partial charge in [-0.2, -0.15) is 5.41 Å². The van der Waals surface area contributed by atoms with Crippen molar-refractivity contribution in [3.05, 3.63) is 11.2 Å². The molecule has 0 bridgehead atoms. The lowest BCUT2D eigenvalue weighted by Crippen LogP contribution is -2.06. The zero-order chi connectivity index (χ0) is 6.57. The number of rotatable bonds is 2. The monoisotopic (exact) mass is 131 g/mol. The number of allylic oxidation sites excluding steroid dienone is 1. The third kappa shape index (κ3) is 2.64. The van der Waals surface area contributed by atoms with Gasteiger partial charge in [0.25, 0.3) is 0 Å². The van der Waals surface area contributed by atoms with Crippen molar-refractivity contribution in [2.45, 2.75) is 0 Å². The van der Waals surface area contributed by atoms with Crippen molar-refractivity contribution in [3.63, 3.8) is 0 Å². The molecule has 45 valence electrons. The van der Waals surface area contributed by atoms with Gasteiger partial charge in [0.1, 0.15) is 5.16 Å². The van der Waals surface area contributed by atoms with Crippen LogP contribution in [0.25, 0.3) is 0 Å². The molecule has 0 rings (SSSR count). The smallest absolute Gasteiger partial charge is 0.105 e. The average molecular weight is 132 g/mol. The maximum atomic E-state index is 8.17. The normalized spacial score (nSPS) is 11.1. The predicted molar refractivity (Wildman–Crippen MR) is 35.8 cm³/mol. The summed E-state index contributed by atoms with van der Waals surface area (Å²) in [6.45, 7) is 0. The van der Waals surface area contributed by atoms with Crippen molar-refractivity contribution in [2.24, 2.45) is 0 Å². The van der Waals surface area contributed by atoms with Crippen molar-refractivity contribution in [1.82, 2.24) is 10.3 Å². The van der Waals surface area contributed by atoms with Crippen molar-refractivity contribution < 1.29 is 0 Å². The van der Waals surface area contributed by atoms with Gasteiger partial charge in [0, 0.05) is 14.1 Å². The van der Waals surface area contributed by atoms with Crippen LogP contribution < -0.4 is 5.41 Å². The molecule has 1 radical (unpaired) electrons. The molecule has 0 heterocycles. The molecule has 0 amide bonds. The molecule has 3 heteroatoms. The van der Waals surface area contributed by atoms with Gasteiger partial charge in [-0.3, -0.25) is 0 Å². The summed E-state index contributed by atoms with van der Waals surface area (Å²) in [7, 11) is 3.59. The molecule has 0 atom stereocenters. The molecule has 2 nitrogen and oxygen atoms in total. The summed E-state index contributed by atoms with van der Waals surface area (Å²) in [5.74, 6) is 0. The number of hydrogen-bond donors (Lipinski definition) is 0. The van der Waals surface area contributed by atoms with Crippen LogP contribution in [0.3, 0.4) is 0 Å². The Hall–Kier alpha value is -0.500. The zero-order valence-electron chi connectivity index (χ0n) is 4.93. The van der Waals surface area contributed by atoms with Crippen LogP contribution in [0.15, 0.2) is 11.2 Å². The van der Waals surface area contributed by atoms with E-state index in [9.17, 15) is 0 Å². The second-order valence-electron chi connectivity index (χ2n) is 1.53. The van der Waals surface area contributed by atoms with Crippen molar-refractivity contribution in [1.29, 1.82) is 0 Å². The van der Waals surface area contributed by atoms with E-state index in [1.54, 1.807) is 19.0 Å². The average Bonchev–Trinajstić information content (AvgIpc) is 1.67. The first-order valence-corrected chi connectivity index (χ1v) is 2.57. The van der Waals surface area contributed by atoms with E-state index in [-0.39, 0.29) is 0 Å². The molecule has 8 heavy (non-hydrogen) atoms. The fourth-order valence-electron chi connectivity index (χ4n) is 0.211. The molecule has 0 saturated carbocycles. The predicted octanol–water partition coefficient (Wildman–Crippen LogP) is 0.499. The first kappa shape index (κ1) is 7.50. The third-order valence-electron chi connectivity index (χ3n) is 0.639. The summed E-state index contributed by atoms with van der Waals surface area (Å²) in [5.41, 5.74) is 0. The van der Waals surface area contributed by atoms with Crippen LogP contribution in [0, 0.1) is 0 Å². The summed E-state index contributed by atoms with van der Waals surface area (Å²) in [5, 5.41) is 8.68. The minimum Gasteiger partial charge on any atom is -0.368 e. The maximum Gasteiger partial charge on any atom is 0.105 e. The summed E-state index contributed by atoms with van der Waals surface area (Å²) < 4.78 is 0. The molecule has 0 aliphatic heterocycles.